The quantitative estimate of drug-likeness (QED) is 0.307. The molecule has 15 heteroatoms. The normalized spacial score (nSPS) is 21.3. The highest BCUT2D eigenvalue weighted by molar-refractivity contribution is 8.01. The number of pyridine rings is 2. The molecule has 0 atom stereocenters. The van der Waals surface area contributed by atoms with Gasteiger partial charge in [-0.1, -0.05) is 23.2 Å². The summed E-state index contributed by atoms with van der Waals surface area (Å²) in [6.07, 6.45) is 1.85. The molecule has 3 nitrogen and oxygen atoms in total. The first-order chi connectivity index (χ1) is 13.7. The molecule has 0 aromatic carbocycles. The van der Waals surface area contributed by atoms with Crippen LogP contribution in [0.5, 0.6) is 0 Å². The number of hydrogen-bond acceptors (Lipinski definition) is 5. The molecule has 30 heavy (non-hydrogen) atoms. The van der Waals surface area contributed by atoms with E-state index in [-0.39, 0.29) is 38.6 Å². The topological polar surface area (TPSA) is 42.9 Å². The van der Waals surface area contributed by atoms with E-state index in [9.17, 15) is 39.9 Å². The lowest BCUT2D eigenvalue weighted by Crippen LogP contribution is -2.30. The molecule has 0 radical (unpaired) electrons. The molecule has 0 unspecified atom stereocenters. The third-order valence-corrected chi connectivity index (χ3v) is 6.44. The monoisotopic (exact) mass is 514 g/mol. The lowest BCUT2D eigenvalue weighted by molar-refractivity contribution is -0.157. The van der Waals surface area contributed by atoms with Crippen LogP contribution in [0.1, 0.15) is 21.7 Å². The van der Waals surface area contributed by atoms with E-state index < -0.39 is 50.4 Å². The fourth-order valence-electron chi connectivity index (χ4n) is 2.33. The van der Waals surface area contributed by atoms with Crippen LogP contribution in [0.3, 0.4) is 0 Å². The van der Waals surface area contributed by atoms with Crippen molar-refractivity contribution >= 4 is 53.0 Å². The second-order valence-corrected chi connectivity index (χ2v) is 8.83. The van der Waals surface area contributed by atoms with Crippen molar-refractivity contribution in [2.75, 3.05) is 0 Å². The van der Waals surface area contributed by atoms with Gasteiger partial charge in [-0.2, -0.15) is 35.1 Å². The van der Waals surface area contributed by atoms with Crippen molar-refractivity contribution in [1.82, 2.24) is 9.97 Å². The van der Waals surface area contributed by atoms with Crippen LogP contribution >= 0.6 is 46.7 Å². The van der Waals surface area contributed by atoms with Crippen molar-refractivity contribution in [3.63, 3.8) is 0 Å². The molecule has 0 fully saturated rings. The van der Waals surface area contributed by atoms with E-state index in [0.29, 0.717) is 0 Å². The Balaban J connectivity index is 0.000000172. The molecule has 2 aromatic rings. The van der Waals surface area contributed by atoms with E-state index in [1.54, 1.807) is 0 Å². The third kappa shape index (κ3) is 3.53. The molecule has 2 aliphatic heterocycles. The van der Waals surface area contributed by atoms with Gasteiger partial charge in [0.1, 0.15) is 11.4 Å². The van der Waals surface area contributed by atoms with Crippen LogP contribution in [0.2, 0.25) is 10.0 Å². The van der Waals surface area contributed by atoms with Crippen molar-refractivity contribution in [1.29, 1.82) is 0 Å². The Morgan fingerprint density at radius 1 is 0.833 bits per heavy atom. The zero-order valence-electron chi connectivity index (χ0n) is 13.7. The van der Waals surface area contributed by atoms with E-state index in [1.165, 1.54) is 0 Å². The summed E-state index contributed by atoms with van der Waals surface area (Å²) in [4.78, 5) is 16.2. The first-order valence-electron chi connectivity index (χ1n) is 7.35. The fourth-order valence-corrected chi connectivity index (χ4v) is 4.78. The lowest BCUT2D eigenvalue weighted by Gasteiger charge is -2.16. The van der Waals surface area contributed by atoms with Crippen LogP contribution in [0.4, 0.5) is 35.1 Å². The zero-order valence-corrected chi connectivity index (χ0v) is 16.9. The van der Waals surface area contributed by atoms with Crippen molar-refractivity contribution < 1.29 is 39.9 Å². The van der Waals surface area contributed by atoms with Gasteiger partial charge in [0.25, 0.3) is 0 Å². The molecule has 2 aromatic heterocycles. The Morgan fingerprint density at radius 2 is 1.37 bits per heavy atom. The Morgan fingerprint density at radius 3 is 1.97 bits per heavy atom. The molecular weight excluding hydrogens is 511 g/mol. The first-order valence-corrected chi connectivity index (χ1v) is 9.74. The molecule has 0 aliphatic carbocycles. The molecular formula is C15H4Cl2F8N2OS2. The van der Waals surface area contributed by atoms with Gasteiger partial charge in [0.15, 0.2) is 6.29 Å². The van der Waals surface area contributed by atoms with Gasteiger partial charge in [0.05, 0.1) is 20.5 Å². The summed E-state index contributed by atoms with van der Waals surface area (Å²) in [7, 11) is 0. The van der Waals surface area contributed by atoms with Gasteiger partial charge >= 0.3 is 22.4 Å². The van der Waals surface area contributed by atoms with Crippen molar-refractivity contribution in [3.8, 4) is 0 Å². The molecule has 0 N–H and O–H groups in total. The molecule has 0 spiro atoms. The van der Waals surface area contributed by atoms with Gasteiger partial charge in [-0.25, -0.2) is 0 Å². The van der Waals surface area contributed by atoms with Crippen LogP contribution in [-0.2, 0) is 11.8 Å². The maximum absolute atomic E-state index is 13.2. The van der Waals surface area contributed by atoms with Gasteiger partial charge in [0.2, 0.25) is 0 Å². The maximum atomic E-state index is 13.2. The van der Waals surface area contributed by atoms with Crippen molar-refractivity contribution in [3.05, 3.63) is 45.5 Å². The van der Waals surface area contributed by atoms with E-state index >= 15 is 0 Å². The van der Waals surface area contributed by atoms with E-state index in [4.69, 9.17) is 23.2 Å². The SMILES string of the molecule is FC1(F)Sc2cc(Cl)cnc2C1(F)F.O=Cc1c(Cl)cnc2c1SC(F)(F)C2(F)F. The predicted octanol–water partition coefficient (Wildman–Crippen LogP) is 6.86. The van der Waals surface area contributed by atoms with Gasteiger partial charge in [-0.15, -0.1) is 0 Å². The standard InChI is InChI=1S/C8H2ClF4NOS.C7H2ClF4NS/c9-4-1-14-6-5(3(4)2-15)16-8(12,13)7(6,10)11;8-3-1-4-5(13-2-3)6(9,10)7(11,12)14-4/h1-2H;1-2H. The number of rotatable bonds is 1. The van der Waals surface area contributed by atoms with Gasteiger partial charge in [-0.3, -0.25) is 14.8 Å². The van der Waals surface area contributed by atoms with Crippen LogP contribution in [0.15, 0.2) is 28.3 Å². The number of carbonyl (C=O) groups excluding carboxylic acids is 1. The van der Waals surface area contributed by atoms with Crippen LogP contribution in [-0.4, -0.2) is 26.8 Å². The number of fused-ring (bicyclic) bond motifs is 2. The van der Waals surface area contributed by atoms with Crippen LogP contribution in [0, 0.1) is 0 Å². The summed E-state index contributed by atoms with van der Waals surface area (Å²) in [5.41, 5.74) is -2.39. The average molecular weight is 515 g/mol. The predicted molar refractivity (Wildman–Crippen MR) is 93.3 cm³/mol. The number of hydrogen-bond donors (Lipinski definition) is 0. The summed E-state index contributed by atoms with van der Waals surface area (Å²) >= 11 is 10.3. The summed E-state index contributed by atoms with van der Waals surface area (Å²) in [6, 6.07) is 1.06. The summed E-state index contributed by atoms with van der Waals surface area (Å²) in [5, 5.41) is -8.63. The highest BCUT2D eigenvalue weighted by Crippen LogP contribution is 2.61. The minimum atomic E-state index is -4.39. The number of nitrogens with zero attached hydrogens (tertiary/aromatic N) is 2. The van der Waals surface area contributed by atoms with Crippen molar-refractivity contribution in [2.24, 2.45) is 0 Å². The maximum Gasteiger partial charge on any atom is 0.366 e. The molecule has 0 saturated carbocycles. The first kappa shape index (κ1) is 23.4. The third-order valence-electron chi connectivity index (χ3n) is 3.76. The zero-order chi connectivity index (χ0) is 22.7. The van der Waals surface area contributed by atoms with Crippen molar-refractivity contribution in [2.45, 2.75) is 32.1 Å². The largest absolute Gasteiger partial charge is 0.366 e. The molecule has 0 saturated heterocycles. The number of carbonyl (C=O) groups is 1. The number of alkyl halides is 8. The molecule has 2 aliphatic rings. The van der Waals surface area contributed by atoms with E-state index in [2.05, 4.69) is 9.97 Å². The minimum absolute atomic E-state index is 0.0600. The fraction of sp³-hybridized carbons (Fsp3) is 0.267. The van der Waals surface area contributed by atoms with Gasteiger partial charge < -0.3 is 0 Å². The summed E-state index contributed by atoms with van der Waals surface area (Å²) < 4.78 is 104. The number of aromatic nitrogens is 2. The van der Waals surface area contributed by atoms with Crippen LogP contribution < -0.4 is 0 Å². The average Bonchev–Trinajstić information content (AvgIpc) is 2.90. The number of aldehydes is 1. The molecule has 162 valence electrons. The number of thioether (sulfide) groups is 2. The van der Waals surface area contributed by atoms with Gasteiger partial charge in [-0.05, 0) is 29.6 Å². The minimum Gasteiger partial charge on any atom is -0.298 e. The Bertz CT molecular complexity index is 1040. The Hall–Kier alpha value is -1.31. The summed E-state index contributed by atoms with van der Waals surface area (Å²) in [5.74, 6) is -8.62. The Kier molecular flexibility index (Phi) is 5.75. The number of halogens is 10. The molecule has 0 amide bonds. The summed E-state index contributed by atoms with van der Waals surface area (Å²) in [6.45, 7) is 0. The van der Waals surface area contributed by atoms with E-state index in [0.717, 1.165) is 18.5 Å². The second kappa shape index (κ2) is 7.38. The Labute approximate surface area is 180 Å². The lowest BCUT2D eigenvalue weighted by atomic mass is 10.1. The second-order valence-electron chi connectivity index (χ2n) is 5.70. The molecule has 4 rings (SSSR count). The smallest absolute Gasteiger partial charge is 0.298 e. The van der Waals surface area contributed by atoms with Gasteiger partial charge in [0, 0.05) is 17.3 Å². The highest BCUT2D eigenvalue weighted by atomic mass is 35.5. The molecule has 0 bridgehead atoms. The molecule has 4 heterocycles. The van der Waals surface area contributed by atoms with E-state index in [1.807, 2.05) is 0 Å². The highest BCUT2D eigenvalue weighted by Gasteiger charge is 2.66. The van der Waals surface area contributed by atoms with Crippen LogP contribution in [0.25, 0.3) is 0 Å².